The van der Waals surface area contributed by atoms with Gasteiger partial charge in [-0.3, -0.25) is 4.90 Å². The summed E-state index contributed by atoms with van der Waals surface area (Å²) in [4.78, 5) is 2.18. The van der Waals surface area contributed by atoms with Crippen LogP contribution in [0.5, 0.6) is 11.6 Å². The number of aliphatic hydroxyl groups excluding tert-OH is 1. The van der Waals surface area contributed by atoms with E-state index in [-0.39, 0.29) is 19.0 Å². The molecule has 0 spiro atoms. The fourth-order valence-electron chi connectivity index (χ4n) is 3.93. The molecule has 1 heterocycles. The first kappa shape index (κ1) is 26.4. The Kier molecular flexibility index (Phi) is 9.86. The molecule has 0 radical (unpaired) electrons. The first-order valence-electron chi connectivity index (χ1n) is 11.9. The van der Waals surface area contributed by atoms with Gasteiger partial charge in [-0.2, -0.15) is 5.10 Å². The summed E-state index contributed by atoms with van der Waals surface area (Å²) in [5.74, 6) is 3.57. The maximum absolute atomic E-state index is 13.5. The minimum atomic E-state index is -0.683. The van der Waals surface area contributed by atoms with Gasteiger partial charge in [-0.05, 0) is 48.7 Å². The molecule has 3 rings (SSSR count). The molecule has 0 bridgehead atoms. The number of hydrogen-bond donors (Lipinski definition) is 1. The van der Waals surface area contributed by atoms with Crippen LogP contribution in [0.15, 0.2) is 54.6 Å². The molecule has 7 heteroatoms. The molecule has 186 valence electrons. The lowest BCUT2D eigenvalue weighted by atomic mass is 10.1. The van der Waals surface area contributed by atoms with Crippen LogP contribution in [0.25, 0.3) is 5.69 Å². The number of terminal acetylenes is 1. The summed E-state index contributed by atoms with van der Waals surface area (Å²) in [6.45, 7) is 8.37. The van der Waals surface area contributed by atoms with Crippen LogP contribution in [-0.2, 0) is 17.7 Å². The van der Waals surface area contributed by atoms with E-state index in [0.717, 1.165) is 23.5 Å². The van der Waals surface area contributed by atoms with Crippen molar-refractivity contribution < 1.29 is 19.0 Å². The van der Waals surface area contributed by atoms with Gasteiger partial charge < -0.3 is 14.6 Å². The van der Waals surface area contributed by atoms with E-state index in [4.69, 9.17) is 21.0 Å². The number of aromatic nitrogens is 2. The number of halogens is 1. The van der Waals surface area contributed by atoms with Gasteiger partial charge in [-0.1, -0.05) is 44.9 Å². The largest absolute Gasteiger partial charge is 0.439 e. The van der Waals surface area contributed by atoms with E-state index in [9.17, 15) is 9.50 Å². The van der Waals surface area contributed by atoms with Crippen molar-refractivity contribution in [2.24, 2.45) is 5.92 Å². The minimum Gasteiger partial charge on any atom is -0.439 e. The number of hydrogen-bond acceptors (Lipinski definition) is 5. The van der Waals surface area contributed by atoms with E-state index in [1.54, 1.807) is 16.8 Å². The molecule has 0 aliphatic rings. The Morgan fingerprint density at radius 2 is 1.83 bits per heavy atom. The zero-order valence-corrected chi connectivity index (χ0v) is 20.7. The van der Waals surface area contributed by atoms with Crippen molar-refractivity contribution in [2.45, 2.75) is 39.8 Å². The SMILES string of the molecule is C#CCOCC(O)CN(Cc1c(CC)nn(-c2ccccc2)c1Oc1ccc(F)cc1)CC(C)C. The lowest BCUT2D eigenvalue weighted by Gasteiger charge is -2.27. The highest BCUT2D eigenvalue weighted by atomic mass is 19.1. The molecule has 2 aromatic carbocycles. The zero-order valence-electron chi connectivity index (χ0n) is 20.7. The summed E-state index contributed by atoms with van der Waals surface area (Å²) in [5, 5.41) is 15.4. The van der Waals surface area contributed by atoms with Gasteiger partial charge in [0.25, 0.3) is 0 Å². The molecule has 0 amide bonds. The molecule has 35 heavy (non-hydrogen) atoms. The Labute approximate surface area is 207 Å². The number of rotatable bonds is 13. The van der Waals surface area contributed by atoms with Gasteiger partial charge >= 0.3 is 0 Å². The molecule has 0 aliphatic heterocycles. The third-order valence-electron chi connectivity index (χ3n) is 5.35. The van der Waals surface area contributed by atoms with E-state index >= 15 is 0 Å². The van der Waals surface area contributed by atoms with Crippen molar-refractivity contribution in [1.82, 2.24) is 14.7 Å². The minimum absolute atomic E-state index is 0.167. The molecule has 3 aromatic rings. The van der Waals surface area contributed by atoms with Crippen LogP contribution in [0, 0.1) is 24.1 Å². The summed E-state index contributed by atoms with van der Waals surface area (Å²) >= 11 is 0. The molecule has 0 saturated carbocycles. The van der Waals surface area contributed by atoms with Crippen molar-refractivity contribution in [3.05, 3.63) is 71.7 Å². The molecular weight excluding hydrogens is 445 g/mol. The third-order valence-corrected chi connectivity index (χ3v) is 5.35. The van der Waals surface area contributed by atoms with Gasteiger partial charge in [0, 0.05) is 19.6 Å². The second kappa shape index (κ2) is 13.1. The molecule has 1 aromatic heterocycles. The molecule has 0 saturated heterocycles. The van der Waals surface area contributed by atoms with E-state index in [0.29, 0.717) is 37.1 Å². The third kappa shape index (κ3) is 7.66. The van der Waals surface area contributed by atoms with Crippen molar-refractivity contribution in [3.8, 4) is 29.7 Å². The predicted molar refractivity (Wildman–Crippen MR) is 135 cm³/mol. The van der Waals surface area contributed by atoms with Crippen LogP contribution in [0.4, 0.5) is 4.39 Å². The average Bonchev–Trinajstić information content (AvgIpc) is 3.17. The highest BCUT2D eigenvalue weighted by molar-refractivity contribution is 5.43. The highest BCUT2D eigenvalue weighted by Crippen LogP contribution is 2.32. The Hall–Kier alpha value is -3.18. The molecular formula is C28H34FN3O3. The van der Waals surface area contributed by atoms with Gasteiger partial charge in [0.05, 0.1) is 29.7 Å². The average molecular weight is 480 g/mol. The second-order valence-electron chi connectivity index (χ2n) is 8.85. The summed E-state index contributed by atoms with van der Waals surface area (Å²) < 4.78 is 27.0. The fourth-order valence-corrected chi connectivity index (χ4v) is 3.93. The number of aryl methyl sites for hydroxylation is 1. The Morgan fingerprint density at radius 1 is 1.11 bits per heavy atom. The highest BCUT2D eigenvalue weighted by Gasteiger charge is 2.24. The lowest BCUT2D eigenvalue weighted by Crippen LogP contribution is -2.37. The normalized spacial score (nSPS) is 12.2. The van der Waals surface area contributed by atoms with E-state index in [1.807, 2.05) is 30.3 Å². The standard InChI is InChI=1S/C28H34FN3O3/c1-5-16-34-20-24(33)18-31(17-21(3)4)19-26-27(6-2)30-32(23-10-8-7-9-11-23)28(26)35-25-14-12-22(29)13-15-25/h1,7-15,21,24,33H,6,16-20H2,2-4H3. The van der Waals surface area contributed by atoms with Gasteiger partial charge in [-0.15, -0.1) is 6.42 Å². The van der Waals surface area contributed by atoms with Gasteiger partial charge in [0.15, 0.2) is 0 Å². The number of para-hydroxylation sites is 1. The summed E-state index contributed by atoms with van der Waals surface area (Å²) in [6, 6.07) is 15.7. The molecule has 6 nitrogen and oxygen atoms in total. The molecule has 0 aliphatic carbocycles. The van der Waals surface area contributed by atoms with Gasteiger partial charge in [-0.25, -0.2) is 9.07 Å². The van der Waals surface area contributed by atoms with Crippen LogP contribution in [0.2, 0.25) is 0 Å². The molecule has 1 unspecified atom stereocenters. The van der Waals surface area contributed by atoms with Gasteiger partial charge in [0.1, 0.15) is 18.2 Å². The maximum atomic E-state index is 13.5. The Morgan fingerprint density at radius 3 is 2.46 bits per heavy atom. The first-order valence-corrected chi connectivity index (χ1v) is 11.9. The monoisotopic (exact) mass is 479 g/mol. The topological polar surface area (TPSA) is 59.8 Å². The van der Waals surface area contributed by atoms with Crippen molar-refractivity contribution >= 4 is 0 Å². The van der Waals surface area contributed by atoms with Crippen LogP contribution in [0.1, 0.15) is 32.0 Å². The summed E-state index contributed by atoms with van der Waals surface area (Å²) in [5.41, 5.74) is 2.69. The fraction of sp³-hybridized carbons (Fsp3) is 0.393. The summed E-state index contributed by atoms with van der Waals surface area (Å²) in [7, 11) is 0. The first-order chi connectivity index (χ1) is 16.9. The predicted octanol–water partition coefficient (Wildman–Crippen LogP) is 4.83. The van der Waals surface area contributed by atoms with Crippen LogP contribution >= 0.6 is 0 Å². The van der Waals surface area contributed by atoms with Crippen molar-refractivity contribution in [1.29, 1.82) is 0 Å². The lowest BCUT2D eigenvalue weighted by molar-refractivity contribution is 0.0236. The quantitative estimate of drug-likeness (QED) is 0.281. The van der Waals surface area contributed by atoms with E-state index < -0.39 is 6.10 Å². The van der Waals surface area contributed by atoms with E-state index in [2.05, 4.69) is 31.6 Å². The number of aliphatic hydroxyl groups is 1. The molecule has 1 N–H and O–H groups in total. The van der Waals surface area contributed by atoms with Crippen LogP contribution in [-0.4, -0.2) is 52.2 Å². The Balaban J connectivity index is 1.97. The van der Waals surface area contributed by atoms with Crippen LogP contribution in [0.3, 0.4) is 0 Å². The number of ether oxygens (including phenoxy) is 2. The number of nitrogens with zero attached hydrogens (tertiary/aromatic N) is 3. The van der Waals surface area contributed by atoms with Crippen LogP contribution < -0.4 is 4.74 Å². The van der Waals surface area contributed by atoms with Crippen molar-refractivity contribution in [3.63, 3.8) is 0 Å². The zero-order chi connectivity index (χ0) is 25.2. The smallest absolute Gasteiger partial charge is 0.227 e. The molecule has 1 atom stereocenters. The van der Waals surface area contributed by atoms with Crippen molar-refractivity contribution in [2.75, 3.05) is 26.3 Å². The Bertz CT molecular complexity index is 1090. The van der Waals surface area contributed by atoms with E-state index in [1.165, 1.54) is 12.1 Å². The maximum Gasteiger partial charge on any atom is 0.227 e. The second-order valence-corrected chi connectivity index (χ2v) is 8.85. The van der Waals surface area contributed by atoms with Gasteiger partial charge in [0.2, 0.25) is 5.88 Å². The summed E-state index contributed by atoms with van der Waals surface area (Å²) in [6.07, 6.45) is 5.27. The molecule has 0 fully saturated rings. The number of benzene rings is 2.